The summed E-state index contributed by atoms with van der Waals surface area (Å²) in [6.07, 6.45) is 1.13. The van der Waals surface area contributed by atoms with E-state index in [1.807, 2.05) is 18.2 Å². The Hall–Kier alpha value is -2.44. The molecular weight excluding hydrogens is 333 g/mol. The van der Waals surface area contributed by atoms with E-state index in [0.29, 0.717) is 11.6 Å². The van der Waals surface area contributed by atoms with Crippen LogP contribution in [0.2, 0.25) is 5.02 Å². The van der Waals surface area contributed by atoms with Crippen LogP contribution in [0.1, 0.15) is 17.2 Å². The standard InChI is InChI=1S/C17H13ClFN3O2/c18-14-4-2-1-3-13(14)15-17(24-15,9-22-10-20-16(23)21-22)11-5-7-12(19)8-6-11/h1-8,10,15H,9H2,(H,21,23)/t15-,17-/m0/s1. The highest BCUT2D eigenvalue weighted by Crippen LogP contribution is 2.59. The third-order valence-electron chi connectivity index (χ3n) is 4.17. The SMILES string of the molecule is O=c1ncn(C[C@@]2(c3ccc(F)cc3)O[C@H]2c2ccccc2Cl)[nH]1. The van der Waals surface area contributed by atoms with E-state index in [0.717, 1.165) is 11.1 Å². The van der Waals surface area contributed by atoms with Crippen molar-refractivity contribution in [1.82, 2.24) is 14.8 Å². The highest BCUT2D eigenvalue weighted by molar-refractivity contribution is 6.31. The van der Waals surface area contributed by atoms with Gasteiger partial charge in [-0.3, -0.25) is 4.68 Å². The zero-order chi connectivity index (χ0) is 16.7. The number of nitrogens with zero attached hydrogens (tertiary/aromatic N) is 2. The topological polar surface area (TPSA) is 63.2 Å². The molecule has 1 fully saturated rings. The Morgan fingerprint density at radius 3 is 2.67 bits per heavy atom. The minimum atomic E-state index is -0.734. The molecule has 0 saturated carbocycles. The van der Waals surface area contributed by atoms with Crippen LogP contribution in [0.5, 0.6) is 0 Å². The van der Waals surface area contributed by atoms with Crippen LogP contribution >= 0.6 is 11.6 Å². The second kappa shape index (κ2) is 5.58. The summed E-state index contributed by atoms with van der Waals surface area (Å²) in [7, 11) is 0. The van der Waals surface area contributed by atoms with E-state index < -0.39 is 11.3 Å². The van der Waals surface area contributed by atoms with E-state index >= 15 is 0 Å². The fourth-order valence-electron chi connectivity index (χ4n) is 2.98. The molecule has 0 bridgehead atoms. The summed E-state index contributed by atoms with van der Waals surface area (Å²) in [4.78, 5) is 14.9. The number of hydrogen-bond acceptors (Lipinski definition) is 3. The van der Waals surface area contributed by atoms with Crippen LogP contribution in [0, 0.1) is 5.82 Å². The van der Waals surface area contributed by atoms with E-state index in [4.69, 9.17) is 16.3 Å². The number of rotatable bonds is 4. The molecule has 1 N–H and O–H groups in total. The molecule has 3 aromatic rings. The van der Waals surface area contributed by atoms with Gasteiger partial charge in [0.05, 0.1) is 6.54 Å². The molecule has 1 aliphatic rings. The molecule has 2 atom stereocenters. The number of ether oxygens (including phenoxy) is 1. The number of benzene rings is 2. The molecule has 0 unspecified atom stereocenters. The Kier molecular flexibility index (Phi) is 3.51. The van der Waals surface area contributed by atoms with Gasteiger partial charge in [-0.15, -0.1) is 0 Å². The maximum Gasteiger partial charge on any atom is 0.361 e. The van der Waals surface area contributed by atoms with Crippen molar-refractivity contribution in [3.63, 3.8) is 0 Å². The average Bonchev–Trinajstić information content (AvgIpc) is 3.14. The van der Waals surface area contributed by atoms with Crippen LogP contribution in [-0.2, 0) is 16.9 Å². The molecule has 4 rings (SSSR count). The van der Waals surface area contributed by atoms with Crippen LogP contribution in [0.3, 0.4) is 0 Å². The summed E-state index contributed by atoms with van der Waals surface area (Å²) < 4.78 is 20.9. The smallest absolute Gasteiger partial charge is 0.354 e. The first-order chi connectivity index (χ1) is 11.6. The number of hydrogen-bond donors (Lipinski definition) is 1. The number of epoxide rings is 1. The minimum Gasteiger partial charge on any atom is -0.354 e. The normalized spacial score (nSPS) is 22.5. The van der Waals surface area contributed by atoms with E-state index in [-0.39, 0.29) is 11.9 Å². The zero-order valence-electron chi connectivity index (χ0n) is 12.4. The van der Waals surface area contributed by atoms with Crippen LogP contribution in [0.4, 0.5) is 4.39 Å². The lowest BCUT2D eigenvalue weighted by atomic mass is 9.91. The first-order valence-electron chi connectivity index (χ1n) is 7.38. The quantitative estimate of drug-likeness (QED) is 0.739. The van der Waals surface area contributed by atoms with Crippen molar-refractivity contribution in [3.05, 3.63) is 87.3 Å². The number of aromatic amines is 1. The van der Waals surface area contributed by atoms with Crippen molar-refractivity contribution < 1.29 is 9.13 Å². The van der Waals surface area contributed by atoms with E-state index in [1.165, 1.54) is 18.5 Å². The largest absolute Gasteiger partial charge is 0.361 e. The number of nitrogens with one attached hydrogen (secondary N) is 1. The molecule has 0 amide bonds. The summed E-state index contributed by atoms with van der Waals surface area (Å²) in [6, 6.07) is 13.6. The first kappa shape index (κ1) is 15.1. The molecule has 0 radical (unpaired) electrons. The van der Waals surface area contributed by atoms with Gasteiger partial charge in [0.15, 0.2) is 0 Å². The molecule has 1 aromatic heterocycles. The summed E-state index contributed by atoms with van der Waals surface area (Å²) in [5.74, 6) is -0.320. The summed E-state index contributed by atoms with van der Waals surface area (Å²) in [6.45, 7) is 0.337. The first-order valence-corrected chi connectivity index (χ1v) is 7.76. The molecule has 2 aromatic carbocycles. The third-order valence-corrected chi connectivity index (χ3v) is 4.52. The van der Waals surface area contributed by atoms with E-state index in [2.05, 4.69) is 10.1 Å². The van der Waals surface area contributed by atoms with Crippen LogP contribution < -0.4 is 5.69 Å². The molecule has 5 nitrogen and oxygen atoms in total. The molecule has 0 aliphatic carbocycles. The van der Waals surface area contributed by atoms with Crippen LogP contribution in [-0.4, -0.2) is 14.8 Å². The van der Waals surface area contributed by atoms with Gasteiger partial charge in [-0.1, -0.05) is 41.9 Å². The second-order valence-electron chi connectivity index (χ2n) is 5.71. The molecule has 0 spiro atoms. The van der Waals surface area contributed by atoms with Crippen molar-refractivity contribution in [2.24, 2.45) is 0 Å². The maximum absolute atomic E-state index is 13.3. The third kappa shape index (κ3) is 2.53. The molecule has 1 aliphatic heterocycles. The van der Waals surface area contributed by atoms with Crippen molar-refractivity contribution >= 4 is 11.6 Å². The summed E-state index contributed by atoms with van der Waals surface area (Å²) in [5, 5.41) is 3.21. The van der Waals surface area contributed by atoms with Gasteiger partial charge in [0.25, 0.3) is 0 Å². The second-order valence-corrected chi connectivity index (χ2v) is 6.11. The predicted octanol–water partition coefficient (Wildman–Crippen LogP) is 3.03. The summed E-state index contributed by atoms with van der Waals surface area (Å²) in [5.41, 5.74) is 0.496. The highest BCUT2D eigenvalue weighted by Gasteiger charge is 2.59. The van der Waals surface area contributed by atoms with Crippen LogP contribution in [0.15, 0.2) is 59.7 Å². The van der Waals surface area contributed by atoms with E-state index in [1.54, 1.807) is 22.9 Å². The zero-order valence-corrected chi connectivity index (χ0v) is 13.2. The van der Waals surface area contributed by atoms with Gasteiger partial charge in [0.2, 0.25) is 0 Å². The summed E-state index contributed by atoms with van der Waals surface area (Å²) >= 11 is 6.29. The molecule has 2 heterocycles. The van der Waals surface area contributed by atoms with Crippen molar-refractivity contribution in [2.45, 2.75) is 18.2 Å². The number of halogens is 2. The van der Waals surface area contributed by atoms with Gasteiger partial charge < -0.3 is 4.74 Å². The monoisotopic (exact) mass is 345 g/mol. The molecule has 7 heteroatoms. The lowest BCUT2D eigenvalue weighted by Crippen LogP contribution is -2.20. The van der Waals surface area contributed by atoms with Gasteiger partial charge in [-0.25, -0.2) is 14.3 Å². The molecular formula is C17H13ClFN3O2. The predicted molar refractivity (Wildman–Crippen MR) is 86.2 cm³/mol. The number of H-pyrrole nitrogens is 1. The van der Waals surface area contributed by atoms with Gasteiger partial charge >= 0.3 is 5.69 Å². The minimum absolute atomic E-state index is 0.289. The van der Waals surface area contributed by atoms with Crippen molar-refractivity contribution in [3.8, 4) is 0 Å². The van der Waals surface area contributed by atoms with Gasteiger partial charge in [0, 0.05) is 10.6 Å². The Bertz CT molecular complexity index is 937. The highest BCUT2D eigenvalue weighted by atomic mass is 35.5. The Morgan fingerprint density at radius 1 is 1.25 bits per heavy atom. The van der Waals surface area contributed by atoms with Crippen molar-refractivity contribution in [1.29, 1.82) is 0 Å². The van der Waals surface area contributed by atoms with Crippen LogP contribution in [0.25, 0.3) is 0 Å². The van der Waals surface area contributed by atoms with Crippen molar-refractivity contribution in [2.75, 3.05) is 0 Å². The lowest BCUT2D eigenvalue weighted by Gasteiger charge is -2.14. The molecule has 1 saturated heterocycles. The van der Waals surface area contributed by atoms with Gasteiger partial charge in [0.1, 0.15) is 23.8 Å². The Labute approximate surface area is 141 Å². The van der Waals surface area contributed by atoms with E-state index in [9.17, 15) is 9.18 Å². The van der Waals surface area contributed by atoms with Gasteiger partial charge in [-0.2, -0.15) is 4.98 Å². The fourth-order valence-corrected chi connectivity index (χ4v) is 3.21. The maximum atomic E-state index is 13.3. The molecule has 24 heavy (non-hydrogen) atoms. The van der Waals surface area contributed by atoms with Gasteiger partial charge in [-0.05, 0) is 23.8 Å². The Morgan fingerprint density at radius 2 is 2.00 bits per heavy atom. The molecule has 122 valence electrons. The lowest BCUT2D eigenvalue weighted by molar-refractivity contribution is 0.262. The number of aromatic nitrogens is 3. The average molecular weight is 346 g/mol. The Balaban J connectivity index is 1.75. The fraction of sp³-hybridized carbons (Fsp3) is 0.176.